The first-order chi connectivity index (χ1) is 10.3. The zero-order valence-corrected chi connectivity index (χ0v) is 14.1. The van der Waals surface area contributed by atoms with Gasteiger partial charge in [0.15, 0.2) is 5.17 Å². The first-order valence-electron chi connectivity index (χ1n) is 7.18. The largest absolute Gasteiger partial charge is 0.317 e. The van der Waals surface area contributed by atoms with Gasteiger partial charge >= 0.3 is 0 Å². The average molecular weight is 335 g/mol. The third-order valence-corrected chi connectivity index (χ3v) is 6.26. The molecule has 0 saturated carbocycles. The normalized spacial score (nSPS) is 17.8. The van der Waals surface area contributed by atoms with Gasteiger partial charge < -0.3 is 4.90 Å². The Bertz CT molecular complexity index is 776. The molecule has 0 aliphatic carbocycles. The SMILES string of the molecule is CCCC1=C(c2cc3ccc(Cl)cc3s2)N2CCN=C2S1. The summed E-state index contributed by atoms with van der Waals surface area (Å²) >= 11 is 9.81. The lowest BCUT2D eigenvalue weighted by atomic mass is 10.2. The second-order valence-electron chi connectivity index (χ2n) is 5.23. The zero-order chi connectivity index (χ0) is 14.4. The number of allylic oxidation sites excluding steroid dienone is 1. The zero-order valence-electron chi connectivity index (χ0n) is 11.7. The van der Waals surface area contributed by atoms with E-state index in [1.165, 1.54) is 37.2 Å². The number of nitrogens with zero attached hydrogens (tertiary/aromatic N) is 2. The highest BCUT2D eigenvalue weighted by molar-refractivity contribution is 8.17. The van der Waals surface area contributed by atoms with Crippen molar-refractivity contribution in [3.8, 4) is 0 Å². The van der Waals surface area contributed by atoms with Crippen LogP contribution in [0.2, 0.25) is 5.02 Å². The first-order valence-corrected chi connectivity index (χ1v) is 9.20. The van der Waals surface area contributed by atoms with Crippen LogP contribution in [0.25, 0.3) is 15.8 Å². The molecule has 0 unspecified atom stereocenters. The first kappa shape index (κ1) is 13.7. The van der Waals surface area contributed by atoms with Crippen LogP contribution in [0.5, 0.6) is 0 Å². The standard InChI is InChI=1S/C16H15ClN2S2/c1-2-3-12-15(19-7-6-18-16(19)21-12)14-8-10-4-5-11(17)9-13(10)20-14/h4-5,8-9H,2-3,6-7H2,1H3. The van der Waals surface area contributed by atoms with E-state index in [1.807, 2.05) is 29.2 Å². The van der Waals surface area contributed by atoms with E-state index in [0.717, 1.165) is 24.5 Å². The van der Waals surface area contributed by atoms with E-state index in [-0.39, 0.29) is 0 Å². The Kier molecular flexibility index (Phi) is 3.48. The smallest absolute Gasteiger partial charge is 0.168 e. The van der Waals surface area contributed by atoms with Crippen LogP contribution < -0.4 is 0 Å². The Balaban J connectivity index is 1.84. The molecule has 2 aliphatic heterocycles. The Hall–Kier alpha value is -0.970. The molecule has 2 aromatic rings. The summed E-state index contributed by atoms with van der Waals surface area (Å²) in [5.41, 5.74) is 1.38. The number of amidine groups is 1. The molecule has 0 amide bonds. The van der Waals surface area contributed by atoms with Crippen LogP contribution >= 0.6 is 34.7 Å². The molecule has 1 aromatic carbocycles. The van der Waals surface area contributed by atoms with Crippen molar-refractivity contribution < 1.29 is 0 Å². The third kappa shape index (κ3) is 2.30. The van der Waals surface area contributed by atoms with E-state index < -0.39 is 0 Å². The molecule has 0 bridgehead atoms. The summed E-state index contributed by atoms with van der Waals surface area (Å²) < 4.78 is 1.26. The monoisotopic (exact) mass is 334 g/mol. The fourth-order valence-corrected chi connectivity index (χ4v) is 5.60. The van der Waals surface area contributed by atoms with Gasteiger partial charge in [-0.05, 0) is 30.0 Å². The van der Waals surface area contributed by atoms with Crippen LogP contribution in [-0.2, 0) is 0 Å². The highest BCUT2D eigenvalue weighted by Gasteiger charge is 2.33. The minimum atomic E-state index is 0.808. The van der Waals surface area contributed by atoms with Crippen molar-refractivity contribution >= 4 is 55.7 Å². The molecule has 0 N–H and O–H groups in total. The predicted octanol–water partition coefficient (Wildman–Crippen LogP) is 5.44. The number of rotatable bonds is 3. The van der Waals surface area contributed by atoms with Crippen molar-refractivity contribution in [2.24, 2.45) is 4.99 Å². The van der Waals surface area contributed by atoms with Gasteiger partial charge in [-0.1, -0.05) is 42.8 Å². The third-order valence-electron chi connectivity index (χ3n) is 3.74. The Morgan fingerprint density at radius 1 is 1.33 bits per heavy atom. The van der Waals surface area contributed by atoms with E-state index in [1.54, 1.807) is 0 Å². The van der Waals surface area contributed by atoms with Gasteiger partial charge in [-0.3, -0.25) is 4.99 Å². The van der Waals surface area contributed by atoms with Crippen molar-refractivity contribution in [3.63, 3.8) is 0 Å². The van der Waals surface area contributed by atoms with E-state index in [2.05, 4.69) is 35.0 Å². The maximum atomic E-state index is 6.12. The van der Waals surface area contributed by atoms with Gasteiger partial charge in [0.1, 0.15) is 0 Å². The molecule has 0 spiro atoms. The van der Waals surface area contributed by atoms with Gasteiger partial charge in [0, 0.05) is 21.2 Å². The molecule has 0 saturated heterocycles. The molecule has 5 heteroatoms. The number of fused-ring (bicyclic) bond motifs is 2. The van der Waals surface area contributed by atoms with Gasteiger partial charge in [-0.15, -0.1) is 11.3 Å². The molecule has 0 atom stereocenters. The van der Waals surface area contributed by atoms with Crippen LogP contribution in [0, 0.1) is 0 Å². The molecule has 21 heavy (non-hydrogen) atoms. The number of benzene rings is 1. The van der Waals surface area contributed by atoms with Crippen molar-refractivity contribution in [2.45, 2.75) is 19.8 Å². The molecule has 3 heterocycles. The quantitative estimate of drug-likeness (QED) is 0.742. The Morgan fingerprint density at radius 3 is 3.10 bits per heavy atom. The number of hydrogen-bond acceptors (Lipinski definition) is 4. The van der Waals surface area contributed by atoms with Crippen LogP contribution in [0.1, 0.15) is 24.6 Å². The number of thioether (sulfide) groups is 1. The van der Waals surface area contributed by atoms with E-state index in [4.69, 9.17) is 11.6 Å². The number of thiophene rings is 1. The van der Waals surface area contributed by atoms with E-state index >= 15 is 0 Å². The lowest BCUT2D eigenvalue weighted by molar-refractivity contribution is 0.647. The summed E-state index contributed by atoms with van der Waals surface area (Å²) in [6.45, 7) is 4.17. The summed E-state index contributed by atoms with van der Waals surface area (Å²) in [6.07, 6.45) is 2.30. The summed E-state index contributed by atoms with van der Waals surface area (Å²) in [7, 11) is 0. The molecule has 1 aromatic heterocycles. The molecular formula is C16H15ClN2S2. The molecule has 2 aliphatic rings. The molecule has 0 fully saturated rings. The van der Waals surface area contributed by atoms with Crippen LogP contribution in [0.3, 0.4) is 0 Å². The van der Waals surface area contributed by atoms with Gasteiger partial charge in [0.25, 0.3) is 0 Å². The van der Waals surface area contributed by atoms with Crippen LogP contribution in [0.15, 0.2) is 34.2 Å². The van der Waals surface area contributed by atoms with Crippen molar-refractivity contribution in [2.75, 3.05) is 13.1 Å². The average Bonchev–Trinajstić information content (AvgIpc) is 3.11. The lowest BCUT2D eigenvalue weighted by Gasteiger charge is -2.15. The van der Waals surface area contributed by atoms with E-state index in [0.29, 0.717) is 0 Å². The summed E-state index contributed by atoms with van der Waals surface area (Å²) in [5.74, 6) is 0. The predicted molar refractivity (Wildman–Crippen MR) is 95.3 cm³/mol. The van der Waals surface area contributed by atoms with Gasteiger partial charge in [0.05, 0.1) is 17.1 Å². The van der Waals surface area contributed by atoms with Gasteiger partial charge in [-0.25, -0.2) is 0 Å². The van der Waals surface area contributed by atoms with Crippen LogP contribution in [0.4, 0.5) is 0 Å². The molecule has 0 radical (unpaired) electrons. The summed E-state index contributed by atoms with van der Waals surface area (Å²) in [6, 6.07) is 8.43. The van der Waals surface area contributed by atoms with Crippen LogP contribution in [-0.4, -0.2) is 23.2 Å². The Labute approximate surface area is 137 Å². The summed E-state index contributed by atoms with van der Waals surface area (Å²) in [4.78, 5) is 9.82. The molecule has 4 rings (SSSR count). The minimum absolute atomic E-state index is 0.808. The fraction of sp³-hybridized carbons (Fsp3) is 0.312. The molecular weight excluding hydrogens is 320 g/mol. The van der Waals surface area contributed by atoms with Crippen molar-refractivity contribution in [1.29, 1.82) is 0 Å². The summed E-state index contributed by atoms with van der Waals surface area (Å²) in [5, 5.41) is 3.27. The topological polar surface area (TPSA) is 15.6 Å². The molecule has 108 valence electrons. The van der Waals surface area contributed by atoms with Gasteiger partial charge in [0.2, 0.25) is 0 Å². The van der Waals surface area contributed by atoms with Gasteiger partial charge in [-0.2, -0.15) is 0 Å². The maximum absolute atomic E-state index is 6.12. The maximum Gasteiger partial charge on any atom is 0.168 e. The second-order valence-corrected chi connectivity index (χ2v) is 7.81. The highest BCUT2D eigenvalue weighted by atomic mass is 35.5. The number of halogens is 1. The molecule has 2 nitrogen and oxygen atoms in total. The minimum Gasteiger partial charge on any atom is -0.317 e. The fourth-order valence-electron chi connectivity index (χ4n) is 2.82. The van der Waals surface area contributed by atoms with Crippen molar-refractivity contribution in [1.82, 2.24) is 4.90 Å². The second kappa shape index (κ2) is 5.34. The number of aliphatic imine (C=N–C) groups is 1. The Morgan fingerprint density at radius 2 is 2.24 bits per heavy atom. The highest BCUT2D eigenvalue weighted by Crippen LogP contribution is 2.46. The van der Waals surface area contributed by atoms with E-state index in [9.17, 15) is 0 Å². The lowest BCUT2D eigenvalue weighted by Crippen LogP contribution is -2.19. The van der Waals surface area contributed by atoms with Crippen molar-refractivity contribution in [3.05, 3.63) is 39.1 Å². The number of hydrogen-bond donors (Lipinski definition) is 0.